The van der Waals surface area contributed by atoms with E-state index in [1.807, 2.05) is 24.3 Å². The smallest absolute Gasteiger partial charge is 0.415 e. The quantitative estimate of drug-likeness (QED) is 0.368. The van der Waals surface area contributed by atoms with Crippen LogP contribution in [0.5, 0.6) is 11.5 Å². The maximum absolute atomic E-state index is 12.7. The number of anilines is 1. The van der Waals surface area contributed by atoms with Crippen molar-refractivity contribution in [3.8, 4) is 11.5 Å². The van der Waals surface area contributed by atoms with Gasteiger partial charge in [0.25, 0.3) is 5.91 Å². The van der Waals surface area contributed by atoms with Gasteiger partial charge in [0.05, 0.1) is 12.6 Å². The SMILES string of the molecule is O=C(O)Cc1ccc(OC2CCN(C(=O)Oc3ccc(NC(=O)c4ccc(CN5CCCCC5)cc4)nc3)CC2)cc1. The van der Waals surface area contributed by atoms with E-state index in [1.165, 1.54) is 31.0 Å². The Kier molecular flexibility index (Phi) is 9.66. The Morgan fingerprint density at radius 3 is 2.14 bits per heavy atom. The number of ether oxygens (including phenoxy) is 2. The Morgan fingerprint density at radius 1 is 0.833 bits per heavy atom. The molecule has 1 aromatic heterocycles. The van der Waals surface area contributed by atoms with Crippen molar-refractivity contribution in [2.24, 2.45) is 0 Å². The molecular formula is C32H36N4O6. The second-order valence-electron chi connectivity index (χ2n) is 10.8. The lowest BCUT2D eigenvalue weighted by molar-refractivity contribution is -0.136. The van der Waals surface area contributed by atoms with Crippen molar-refractivity contribution in [2.45, 2.75) is 51.2 Å². The molecular weight excluding hydrogens is 536 g/mol. The number of rotatable bonds is 9. The molecule has 0 saturated carbocycles. The third-order valence-electron chi connectivity index (χ3n) is 7.54. The summed E-state index contributed by atoms with van der Waals surface area (Å²) in [5.41, 5.74) is 2.46. The molecule has 2 aromatic carbocycles. The zero-order valence-electron chi connectivity index (χ0n) is 23.5. The van der Waals surface area contributed by atoms with E-state index in [0.29, 0.717) is 54.4 Å². The number of hydrogen-bond donors (Lipinski definition) is 2. The summed E-state index contributed by atoms with van der Waals surface area (Å²) in [5, 5.41) is 11.7. The van der Waals surface area contributed by atoms with E-state index in [0.717, 1.165) is 19.6 Å². The average Bonchev–Trinajstić information content (AvgIpc) is 3.00. The van der Waals surface area contributed by atoms with E-state index in [9.17, 15) is 14.4 Å². The van der Waals surface area contributed by atoms with Crippen molar-refractivity contribution in [2.75, 3.05) is 31.5 Å². The molecule has 2 saturated heterocycles. The fraction of sp³-hybridized carbons (Fsp3) is 0.375. The molecule has 2 N–H and O–H groups in total. The third kappa shape index (κ3) is 8.29. The lowest BCUT2D eigenvalue weighted by Crippen LogP contribution is -2.43. The summed E-state index contributed by atoms with van der Waals surface area (Å²) in [4.78, 5) is 44.5. The molecule has 0 radical (unpaired) electrons. The number of nitrogens with one attached hydrogen (secondary N) is 1. The Bertz CT molecular complexity index is 1350. The lowest BCUT2D eigenvalue weighted by Gasteiger charge is -2.31. The van der Waals surface area contributed by atoms with Gasteiger partial charge in [0.15, 0.2) is 5.75 Å². The molecule has 3 heterocycles. The Hall–Kier alpha value is -4.44. The molecule has 5 rings (SSSR count). The molecule has 2 aliphatic rings. The monoisotopic (exact) mass is 572 g/mol. The van der Waals surface area contributed by atoms with Crippen LogP contribution in [0, 0.1) is 0 Å². The van der Waals surface area contributed by atoms with E-state index in [4.69, 9.17) is 14.6 Å². The first-order valence-electron chi connectivity index (χ1n) is 14.4. The van der Waals surface area contributed by atoms with Gasteiger partial charge in [0.2, 0.25) is 0 Å². The number of carboxylic acid groups (broad SMARTS) is 1. The fourth-order valence-corrected chi connectivity index (χ4v) is 5.21. The number of carbonyl (C=O) groups excluding carboxylic acids is 2. The van der Waals surface area contributed by atoms with Gasteiger partial charge in [-0.05, 0) is 73.5 Å². The van der Waals surface area contributed by atoms with Gasteiger partial charge in [-0.3, -0.25) is 14.5 Å². The van der Waals surface area contributed by atoms with Crippen LogP contribution < -0.4 is 14.8 Å². The van der Waals surface area contributed by atoms with Gasteiger partial charge in [-0.2, -0.15) is 0 Å². The van der Waals surface area contributed by atoms with Crippen LogP contribution >= 0.6 is 0 Å². The molecule has 2 aliphatic heterocycles. The van der Waals surface area contributed by atoms with E-state index < -0.39 is 12.1 Å². The minimum Gasteiger partial charge on any atom is -0.490 e. The van der Waals surface area contributed by atoms with Crippen LogP contribution in [0.15, 0.2) is 66.9 Å². The lowest BCUT2D eigenvalue weighted by atomic mass is 10.1. The number of carbonyl (C=O) groups is 3. The molecule has 2 fully saturated rings. The number of aliphatic carboxylic acids is 1. The molecule has 3 aromatic rings. The maximum atomic E-state index is 12.7. The summed E-state index contributed by atoms with van der Waals surface area (Å²) in [6.07, 6.45) is 5.97. The van der Waals surface area contributed by atoms with E-state index in [-0.39, 0.29) is 18.4 Å². The predicted octanol–water partition coefficient (Wildman–Crippen LogP) is 4.99. The third-order valence-corrected chi connectivity index (χ3v) is 7.54. The molecule has 0 unspecified atom stereocenters. The van der Waals surface area contributed by atoms with Gasteiger partial charge in [0.1, 0.15) is 17.7 Å². The number of hydrogen-bond acceptors (Lipinski definition) is 7. The van der Waals surface area contributed by atoms with E-state index in [2.05, 4.69) is 15.2 Å². The number of amides is 2. The molecule has 10 heteroatoms. The molecule has 10 nitrogen and oxygen atoms in total. The van der Waals surface area contributed by atoms with Crippen LogP contribution in [0.25, 0.3) is 0 Å². The van der Waals surface area contributed by atoms with Crippen LogP contribution in [0.3, 0.4) is 0 Å². The fourth-order valence-electron chi connectivity index (χ4n) is 5.21. The Balaban J connectivity index is 1.04. The van der Waals surface area contributed by atoms with Crippen molar-refractivity contribution in [3.05, 3.63) is 83.6 Å². The molecule has 0 bridgehead atoms. The standard InChI is InChI=1S/C32H36N4O6/c37-30(38)20-23-6-10-26(11-7-23)41-27-14-18-36(19-15-27)32(40)42-28-12-13-29(33-21-28)34-31(39)25-8-4-24(5-9-25)22-35-16-2-1-3-17-35/h4-13,21,27H,1-3,14-20,22H2,(H,37,38)(H,33,34,39). The number of piperidine rings is 2. The van der Waals surface area contributed by atoms with Crippen LogP contribution in [0.1, 0.15) is 53.6 Å². The highest BCUT2D eigenvalue weighted by atomic mass is 16.6. The van der Waals surface area contributed by atoms with Gasteiger partial charge >= 0.3 is 12.1 Å². The number of likely N-dealkylation sites (tertiary alicyclic amines) is 2. The second kappa shape index (κ2) is 14.0. The highest BCUT2D eigenvalue weighted by molar-refractivity contribution is 6.03. The first-order chi connectivity index (χ1) is 20.4. The summed E-state index contributed by atoms with van der Waals surface area (Å²) in [6, 6.07) is 17.9. The highest BCUT2D eigenvalue weighted by Gasteiger charge is 2.25. The summed E-state index contributed by atoms with van der Waals surface area (Å²) in [5.74, 6) is 0.207. The van der Waals surface area contributed by atoms with Crippen molar-refractivity contribution in [3.63, 3.8) is 0 Å². The molecule has 0 spiro atoms. The summed E-state index contributed by atoms with van der Waals surface area (Å²) in [6.45, 7) is 4.13. The first-order valence-corrected chi connectivity index (χ1v) is 14.4. The zero-order chi connectivity index (χ0) is 29.3. The van der Waals surface area contributed by atoms with Gasteiger partial charge in [0, 0.05) is 38.0 Å². The van der Waals surface area contributed by atoms with Crippen LogP contribution in [0.4, 0.5) is 10.6 Å². The van der Waals surface area contributed by atoms with Crippen molar-refractivity contribution >= 4 is 23.8 Å². The Morgan fingerprint density at radius 2 is 1.50 bits per heavy atom. The minimum atomic E-state index is -0.874. The Labute approximate surface area is 245 Å². The summed E-state index contributed by atoms with van der Waals surface area (Å²) < 4.78 is 11.5. The van der Waals surface area contributed by atoms with Crippen molar-refractivity contribution < 1.29 is 29.0 Å². The van der Waals surface area contributed by atoms with E-state index in [1.54, 1.807) is 41.3 Å². The number of benzene rings is 2. The second-order valence-corrected chi connectivity index (χ2v) is 10.8. The van der Waals surface area contributed by atoms with Crippen LogP contribution in [0.2, 0.25) is 0 Å². The number of pyridine rings is 1. The molecule has 0 atom stereocenters. The number of aromatic nitrogens is 1. The normalized spacial score (nSPS) is 16.0. The van der Waals surface area contributed by atoms with Gasteiger partial charge < -0.3 is 24.8 Å². The molecule has 2 amide bonds. The first kappa shape index (κ1) is 29.1. The molecule has 220 valence electrons. The minimum absolute atomic E-state index is 0.0266. The van der Waals surface area contributed by atoms with Gasteiger partial charge in [-0.25, -0.2) is 9.78 Å². The summed E-state index contributed by atoms with van der Waals surface area (Å²) >= 11 is 0. The van der Waals surface area contributed by atoms with E-state index >= 15 is 0 Å². The van der Waals surface area contributed by atoms with Crippen LogP contribution in [-0.4, -0.2) is 70.1 Å². The highest BCUT2D eigenvalue weighted by Crippen LogP contribution is 2.22. The predicted molar refractivity (Wildman–Crippen MR) is 157 cm³/mol. The maximum Gasteiger partial charge on any atom is 0.415 e. The molecule has 0 aliphatic carbocycles. The average molecular weight is 573 g/mol. The number of carboxylic acids is 1. The summed E-state index contributed by atoms with van der Waals surface area (Å²) in [7, 11) is 0. The molecule has 42 heavy (non-hydrogen) atoms. The number of nitrogens with zero attached hydrogens (tertiary/aromatic N) is 3. The zero-order valence-corrected chi connectivity index (χ0v) is 23.5. The van der Waals surface area contributed by atoms with Gasteiger partial charge in [-0.1, -0.05) is 30.7 Å². The van der Waals surface area contributed by atoms with Gasteiger partial charge in [-0.15, -0.1) is 0 Å². The largest absolute Gasteiger partial charge is 0.490 e. The van der Waals surface area contributed by atoms with Crippen molar-refractivity contribution in [1.82, 2.24) is 14.8 Å². The van der Waals surface area contributed by atoms with Crippen molar-refractivity contribution in [1.29, 1.82) is 0 Å². The van der Waals surface area contributed by atoms with Crippen LogP contribution in [-0.2, 0) is 17.8 Å². The topological polar surface area (TPSA) is 121 Å².